The first kappa shape index (κ1) is 18.8. The van der Waals surface area contributed by atoms with Crippen molar-refractivity contribution < 1.29 is 4.79 Å². The highest BCUT2D eigenvalue weighted by atomic mass is 16.1. The lowest BCUT2D eigenvalue weighted by molar-refractivity contribution is 0.102. The monoisotopic (exact) mass is 402 g/mol. The highest BCUT2D eigenvalue weighted by molar-refractivity contribution is 6.06. The number of fused-ring (bicyclic) bond motifs is 2. The predicted octanol–water partition coefficient (Wildman–Crippen LogP) is 4.17. The minimum absolute atomic E-state index is 0.133. The van der Waals surface area contributed by atoms with Crippen LogP contribution in [-0.4, -0.2) is 43.1 Å². The molecule has 7 nitrogen and oxygen atoms in total. The summed E-state index contributed by atoms with van der Waals surface area (Å²) in [5.74, 6) is 0.840. The number of amides is 1. The molecule has 5 rings (SSSR count). The van der Waals surface area contributed by atoms with Crippen molar-refractivity contribution in [3.8, 4) is 0 Å². The summed E-state index contributed by atoms with van der Waals surface area (Å²) in [6, 6.07) is 12.0. The third-order valence-electron chi connectivity index (χ3n) is 5.97. The van der Waals surface area contributed by atoms with Crippen LogP contribution in [0.1, 0.15) is 42.9 Å². The number of hydrogen-bond acceptors (Lipinski definition) is 4. The smallest absolute Gasteiger partial charge is 0.255 e. The Hall–Kier alpha value is -3.19. The van der Waals surface area contributed by atoms with Gasteiger partial charge in [0.2, 0.25) is 0 Å². The fourth-order valence-corrected chi connectivity index (χ4v) is 4.22. The van der Waals surface area contributed by atoms with Gasteiger partial charge in [0.05, 0.1) is 23.1 Å². The van der Waals surface area contributed by atoms with Gasteiger partial charge in [0.25, 0.3) is 5.91 Å². The molecule has 30 heavy (non-hydrogen) atoms. The van der Waals surface area contributed by atoms with Crippen LogP contribution in [0.2, 0.25) is 0 Å². The minimum atomic E-state index is -0.133. The summed E-state index contributed by atoms with van der Waals surface area (Å²) in [4.78, 5) is 23.4. The van der Waals surface area contributed by atoms with Crippen molar-refractivity contribution in [3.63, 3.8) is 0 Å². The largest absolute Gasteiger partial charge is 0.341 e. The van der Waals surface area contributed by atoms with Gasteiger partial charge in [0.1, 0.15) is 5.82 Å². The van der Waals surface area contributed by atoms with Gasteiger partial charge in [-0.1, -0.05) is 0 Å². The molecular formula is C23H26N6O. The summed E-state index contributed by atoms with van der Waals surface area (Å²) >= 11 is 0. The van der Waals surface area contributed by atoms with Crippen molar-refractivity contribution in [1.82, 2.24) is 24.6 Å². The Morgan fingerprint density at radius 3 is 2.90 bits per heavy atom. The molecule has 7 heteroatoms. The summed E-state index contributed by atoms with van der Waals surface area (Å²) in [6.07, 6.45) is 4.47. The molecule has 1 fully saturated rings. The molecule has 154 valence electrons. The Morgan fingerprint density at radius 1 is 1.23 bits per heavy atom. The number of likely N-dealkylation sites (tertiary alicyclic amines) is 1. The molecule has 1 aliphatic rings. The fraction of sp³-hybridized carbons (Fsp3) is 0.348. The zero-order valence-electron chi connectivity index (χ0n) is 17.4. The average molecular weight is 403 g/mol. The lowest BCUT2D eigenvalue weighted by Gasteiger charge is -2.19. The first-order chi connectivity index (χ1) is 14.6. The Balaban J connectivity index is 1.33. The van der Waals surface area contributed by atoms with Crippen molar-refractivity contribution in [1.29, 1.82) is 0 Å². The third-order valence-corrected chi connectivity index (χ3v) is 5.97. The number of nitrogens with zero attached hydrogens (tertiary/aromatic N) is 4. The van der Waals surface area contributed by atoms with E-state index in [-0.39, 0.29) is 5.91 Å². The highest BCUT2D eigenvalue weighted by Gasteiger charge is 2.21. The summed E-state index contributed by atoms with van der Waals surface area (Å²) in [5.41, 5.74) is 4.12. The molecule has 4 aromatic rings. The second-order valence-electron chi connectivity index (χ2n) is 8.09. The van der Waals surface area contributed by atoms with Crippen molar-refractivity contribution in [2.24, 2.45) is 0 Å². The van der Waals surface area contributed by atoms with Gasteiger partial charge >= 0.3 is 0 Å². The number of imidazole rings is 1. The van der Waals surface area contributed by atoms with Crippen molar-refractivity contribution in [2.75, 3.05) is 11.9 Å². The molecule has 1 amide bonds. The van der Waals surface area contributed by atoms with E-state index >= 15 is 0 Å². The Kier molecular flexibility index (Phi) is 4.75. The second-order valence-corrected chi connectivity index (χ2v) is 8.09. The molecule has 0 aliphatic carbocycles. The minimum Gasteiger partial charge on any atom is -0.341 e. The Morgan fingerprint density at radius 2 is 2.10 bits per heavy atom. The molecule has 1 aliphatic heterocycles. The van der Waals surface area contributed by atoms with E-state index in [4.69, 9.17) is 4.98 Å². The van der Waals surface area contributed by atoms with Crippen LogP contribution < -0.4 is 5.32 Å². The number of aryl methyl sites for hydroxylation is 1. The molecule has 1 saturated heterocycles. The number of anilines is 1. The standard InChI is InChI=1S/C23H26N6O/c1-3-29-13-17-11-16(6-8-19(17)27-29)23(30)24-18-7-9-20-21(12-18)26-22(25-20)14-28-10-4-5-15(28)2/h6-9,11-13,15H,3-5,10,14H2,1-2H3,(H,24,30)(H,25,26)/t15-/m0/s1. The molecule has 2 aromatic heterocycles. The molecule has 3 heterocycles. The molecular weight excluding hydrogens is 376 g/mol. The van der Waals surface area contributed by atoms with Crippen molar-refractivity contribution in [2.45, 2.75) is 45.8 Å². The lowest BCUT2D eigenvalue weighted by Crippen LogP contribution is -2.26. The molecule has 0 radical (unpaired) electrons. The second kappa shape index (κ2) is 7.57. The van der Waals surface area contributed by atoms with Gasteiger partial charge in [0.15, 0.2) is 0 Å². The topological polar surface area (TPSA) is 78.8 Å². The van der Waals surface area contributed by atoms with Crippen LogP contribution >= 0.6 is 0 Å². The van der Waals surface area contributed by atoms with Crippen LogP contribution in [0.15, 0.2) is 42.6 Å². The molecule has 0 spiro atoms. The van der Waals surface area contributed by atoms with Crippen LogP contribution in [0.5, 0.6) is 0 Å². The molecule has 0 bridgehead atoms. The maximum atomic E-state index is 12.8. The predicted molar refractivity (Wildman–Crippen MR) is 119 cm³/mol. The maximum absolute atomic E-state index is 12.8. The number of nitrogens with one attached hydrogen (secondary N) is 2. The number of H-pyrrole nitrogens is 1. The van der Waals surface area contributed by atoms with Crippen molar-refractivity contribution in [3.05, 3.63) is 54.0 Å². The molecule has 2 N–H and O–H groups in total. The number of aromatic amines is 1. The summed E-state index contributed by atoms with van der Waals surface area (Å²) in [6.45, 7) is 7.08. The number of aromatic nitrogens is 4. The molecule has 2 aromatic carbocycles. The van der Waals surface area contributed by atoms with Crippen LogP contribution in [0.4, 0.5) is 5.69 Å². The van der Waals surface area contributed by atoms with Crippen molar-refractivity contribution >= 4 is 33.5 Å². The first-order valence-corrected chi connectivity index (χ1v) is 10.6. The van der Waals surface area contributed by atoms with Gasteiger partial charge in [-0.3, -0.25) is 14.4 Å². The van der Waals surface area contributed by atoms with Crippen LogP contribution in [0.3, 0.4) is 0 Å². The van der Waals surface area contributed by atoms with Crippen LogP contribution in [0.25, 0.3) is 21.9 Å². The number of carbonyl (C=O) groups excluding carboxylic acids is 1. The number of benzene rings is 2. The Bertz CT molecular complexity index is 1220. The van der Waals surface area contributed by atoms with E-state index in [1.807, 2.05) is 54.2 Å². The van der Waals surface area contributed by atoms with E-state index in [2.05, 4.69) is 27.2 Å². The van der Waals surface area contributed by atoms with Gasteiger partial charge < -0.3 is 10.3 Å². The van der Waals surface area contributed by atoms with Crippen LogP contribution in [-0.2, 0) is 13.1 Å². The van der Waals surface area contributed by atoms with Gasteiger partial charge in [0, 0.05) is 35.4 Å². The molecule has 0 saturated carbocycles. The Labute approximate surface area is 175 Å². The first-order valence-electron chi connectivity index (χ1n) is 10.6. The van der Waals surface area contributed by atoms with E-state index < -0.39 is 0 Å². The van der Waals surface area contributed by atoms with E-state index in [1.165, 1.54) is 12.8 Å². The highest BCUT2D eigenvalue weighted by Crippen LogP contribution is 2.22. The SMILES string of the molecule is CCn1cc2cc(C(=O)Nc3ccc4nc(CN5CCC[C@@H]5C)[nH]c4c3)ccc2n1. The van der Waals surface area contributed by atoms with Gasteiger partial charge in [-0.05, 0) is 69.6 Å². The zero-order chi connectivity index (χ0) is 20.7. The third kappa shape index (κ3) is 3.57. The average Bonchev–Trinajstić information content (AvgIpc) is 3.45. The van der Waals surface area contributed by atoms with E-state index in [0.29, 0.717) is 11.6 Å². The number of carbonyl (C=O) groups is 1. The lowest BCUT2D eigenvalue weighted by atomic mass is 10.1. The maximum Gasteiger partial charge on any atom is 0.255 e. The zero-order valence-corrected chi connectivity index (χ0v) is 17.4. The number of rotatable bonds is 5. The summed E-state index contributed by atoms with van der Waals surface area (Å²) in [5, 5.41) is 8.43. The summed E-state index contributed by atoms with van der Waals surface area (Å²) in [7, 11) is 0. The van der Waals surface area contributed by atoms with E-state index in [1.54, 1.807) is 0 Å². The molecule has 0 unspecified atom stereocenters. The quantitative estimate of drug-likeness (QED) is 0.525. The van der Waals surface area contributed by atoms with E-state index in [0.717, 1.165) is 53.1 Å². The van der Waals surface area contributed by atoms with E-state index in [9.17, 15) is 4.79 Å². The fourth-order valence-electron chi connectivity index (χ4n) is 4.22. The van der Waals surface area contributed by atoms with Crippen LogP contribution in [0, 0.1) is 0 Å². The normalized spacial score (nSPS) is 17.2. The van der Waals surface area contributed by atoms with Gasteiger partial charge in [-0.15, -0.1) is 0 Å². The molecule has 1 atom stereocenters. The summed E-state index contributed by atoms with van der Waals surface area (Å²) < 4.78 is 1.87. The number of hydrogen-bond donors (Lipinski definition) is 2. The van der Waals surface area contributed by atoms with Gasteiger partial charge in [-0.25, -0.2) is 4.98 Å². The van der Waals surface area contributed by atoms with Gasteiger partial charge in [-0.2, -0.15) is 5.10 Å².